The number of carbonyl (C=O) groups is 1. The van der Waals surface area contributed by atoms with Crippen molar-refractivity contribution >= 4 is 5.97 Å². The monoisotopic (exact) mass is 453 g/mol. The van der Waals surface area contributed by atoms with Crippen molar-refractivity contribution in [3.63, 3.8) is 0 Å². The van der Waals surface area contributed by atoms with Crippen molar-refractivity contribution in [2.75, 3.05) is 0 Å². The van der Waals surface area contributed by atoms with E-state index in [-0.39, 0.29) is 18.4 Å². The Bertz CT molecular complexity index is 1390. The van der Waals surface area contributed by atoms with Gasteiger partial charge >= 0.3 is 5.97 Å². The summed E-state index contributed by atoms with van der Waals surface area (Å²) in [6, 6.07) is 25.6. The van der Waals surface area contributed by atoms with Crippen LogP contribution in [-0.4, -0.2) is 21.3 Å². The van der Waals surface area contributed by atoms with E-state index in [4.69, 9.17) is 18.4 Å². The molecule has 5 rings (SSSR count). The number of aryl methyl sites for hydroxylation is 1. The van der Waals surface area contributed by atoms with E-state index in [2.05, 4.69) is 15.4 Å². The smallest absolute Gasteiger partial charge is 0.338 e. The lowest BCUT2D eigenvalue weighted by molar-refractivity contribution is 0.0438. The number of aromatic nitrogens is 3. The van der Waals surface area contributed by atoms with Crippen molar-refractivity contribution < 1.29 is 23.2 Å². The maximum absolute atomic E-state index is 12.4. The largest absolute Gasteiger partial charge is 0.457 e. The molecule has 0 atom stereocenters. The maximum Gasteiger partial charge on any atom is 0.338 e. The SMILES string of the molecule is Cc1onc(-c2ccccc2)c1-c1nnc(COC(=O)c2ccc(Oc3ccccc3)cc2)o1. The molecular formula is C26H19N3O5. The van der Waals surface area contributed by atoms with E-state index >= 15 is 0 Å². The third kappa shape index (κ3) is 4.56. The van der Waals surface area contributed by atoms with E-state index in [1.165, 1.54) is 0 Å². The molecule has 0 aliphatic carbocycles. The van der Waals surface area contributed by atoms with Crippen LogP contribution in [0, 0.1) is 6.92 Å². The Balaban J connectivity index is 1.24. The summed E-state index contributed by atoms with van der Waals surface area (Å²) in [4.78, 5) is 12.4. The molecule has 0 aliphatic heterocycles. The van der Waals surface area contributed by atoms with Crippen LogP contribution < -0.4 is 4.74 Å². The van der Waals surface area contributed by atoms with Crippen molar-refractivity contribution in [3.05, 3.63) is 102 Å². The Morgan fingerprint density at radius 1 is 0.853 bits per heavy atom. The summed E-state index contributed by atoms with van der Waals surface area (Å²) in [6.45, 7) is 1.60. The van der Waals surface area contributed by atoms with Gasteiger partial charge in [0.05, 0.1) is 5.56 Å². The molecule has 0 radical (unpaired) electrons. The normalized spacial score (nSPS) is 10.7. The van der Waals surface area contributed by atoms with E-state index in [1.807, 2.05) is 60.7 Å². The highest BCUT2D eigenvalue weighted by atomic mass is 16.5. The average Bonchev–Trinajstić information content (AvgIpc) is 3.50. The molecule has 3 aromatic carbocycles. The molecule has 0 amide bonds. The number of hydrogen-bond donors (Lipinski definition) is 0. The quantitative estimate of drug-likeness (QED) is 0.283. The van der Waals surface area contributed by atoms with Gasteiger partial charge in [-0.15, -0.1) is 10.2 Å². The van der Waals surface area contributed by atoms with Crippen LogP contribution in [0.4, 0.5) is 0 Å². The van der Waals surface area contributed by atoms with E-state index in [0.29, 0.717) is 34.1 Å². The van der Waals surface area contributed by atoms with Gasteiger partial charge in [-0.3, -0.25) is 0 Å². The molecule has 2 aromatic heterocycles. The molecule has 8 heteroatoms. The molecular weight excluding hydrogens is 434 g/mol. The minimum absolute atomic E-state index is 0.159. The Morgan fingerprint density at radius 2 is 1.53 bits per heavy atom. The summed E-state index contributed by atoms with van der Waals surface area (Å²) in [5.41, 5.74) is 2.44. The zero-order chi connectivity index (χ0) is 23.3. The fourth-order valence-electron chi connectivity index (χ4n) is 3.32. The molecule has 168 valence electrons. The lowest BCUT2D eigenvalue weighted by Crippen LogP contribution is -2.05. The number of carbonyl (C=O) groups excluding carboxylic acids is 1. The summed E-state index contributed by atoms with van der Waals surface area (Å²) >= 11 is 0. The first-order valence-corrected chi connectivity index (χ1v) is 10.5. The Morgan fingerprint density at radius 3 is 2.26 bits per heavy atom. The van der Waals surface area contributed by atoms with Crippen LogP contribution in [0.25, 0.3) is 22.7 Å². The van der Waals surface area contributed by atoms with Crippen molar-refractivity contribution in [1.82, 2.24) is 15.4 Å². The van der Waals surface area contributed by atoms with Gasteiger partial charge in [-0.25, -0.2) is 4.79 Å². The minimum Gasteiger partial charge on any atom is -0.457 e. The molecule has 5 aromatic rings. The first-order chi connectivity index (χ1) is 16.7. The lowest BCUT2D eigenvalue weighted by atomic mass is 10.1. The van der Waals surface area contributed by atoms with Crippen LogP contribution in [0.3, 0.4) is 0 Å². The molecule has 0 unspecified atom stereocenters. The van der Waals surface area contributed by atoms with E-state index < -0.39 is 5.97 Å². The number of nitrogens with zero attached hydrogens (tertiary/aromatic N) is 3. The second-order valence-electron chi connectivity index (χ2n) is 7.34. The standard InChI is InChI=1S/C26H19N3O5/c1-17-23(24(29-34-17)18-8-4-2-5-9-18)25-28-27-22(33-25)16-31-26(30)19-12-14-21(15-13-19)32-20-10-6-3-7-11-20/h2-15H,16H2,1H3. The van der Waals surface area contributed by atoms with Crippen molar-refractivity contribution in [1.29, 1.82) is 0 Å². The fourth-order valence-corrected chi connectivity index (χ4v) is 3.32. The van der Waals surface area contributed by atoms with Crippen LogP contribution in [0.2, 0.25) is 0 Å². The van der Waals surface area contributed by atoms with Gasteiger partial charge in [0.1, 0.15) is 28.5 Å². The Labute approximate surface area is 194 Å². The van der Waals surface area contributed by atoms with Crippen molar-refractivity contribution in [2.45, 2.75) is 13.5 Å². The van der Waals surface area contributed by atoms with Crippen LogP contribution in [-0.2, 0) is 11.3 Å². The zero-order valence-corrected chi connectivity index (χ0v) is 18.2. The number of hydrogen-bond acceptors (Lipinski definition) is 8. The second kappa shape index (κ2) is 9.41. The Hall–Kier alpha value is -4.72. The van der Waals surface area contributed by atoms with E-state index in [9.17, 15) is 4.79 Å². The maximum atomic E-state index is 12.4. The van der Waals surface area contributed by atoms with Gasteiger partial charge in [0.15, 0.2) is 6.61 Å². The van der Waals surface area contributed by atoms with Gasteiger partial charge in [0, 0.05) is 5.56 Å². The van der Waals surface area contributed by atoms with Crippen molar-refractivity contribution in [3.8, 4) is 34.2 Å². The predicted octanol–water partition coefficient (Wildman–Crippen LogP) is 5.85. The van der Waals surface area contributed by atoms with E-state index in [1.54, 1.807) is 31.2 Å². The summed E-state index contributed by atoms with van der Waals surface area (Å²) in [5.74, 6) is 1.75. The van der Waals surface area contributed by atoms with Crippen LogP contribution >= 0.6 is 0 Å². The van der Waals surface area contributed by atoms with Crippen LogP contribution in [0.15, 0.2) is 93.9 Å². The summed E-state index contributed by atoms with van der Waals surface area (Å²) in [6.07, 6.45) is 0. The number of rotatable bonds is 7. The predicted molar refractivity (Wildman–Crippen MR) is 122 cm³/mol. The molecule has 2 heterocycles. The summed E-state index contributed by atoms with van der Waals surface area (Å²) in [5, 5.41) is 12.2. The molecule has 0 bridgehead atoms. The second-order valence-corrected chi connectivity index (χ2v) is 7.34. The summed E-state index contributed by atoms with van der Waals surface area (Å²) in [7, 11) is 0. The number of para-hydroxylation sites is 1. The third-order valence-corrected chi connectivity index (χ3v) is 4.99. The number of benzene rings is 3. The molecule has 0 saturated heterocycles. The lowest BCUT2D eigenvalue weighted by Gasteiger charge is -2.06. The highest BCUT2D eigenvalue weighted by Crippen LogP contribution is 2.33. The molecule has 0 N–H and O–H groups in total. The topological polar surface area (TPSA) is 100 Å². The van der Waals surface area contributed by atoms with Gasteiger partial charge in [-0.1, -0.05) is 53.7 Å². The molecule has 0 aliphatic rings. The number of ether oxygens (including phenoxy) is 2. The fraction of sp³-hybridized carbons (Fsp3) is 0.0769. The van der Waals surface area contributed by atoms with Crippen LogP contribution in [0.1, 0.15) is 22.0 Å². The number of esters is 1. The average molecular weight is 453 g/mol. The third-order valence-electron chi connectivity index (χ3n) is 4.99. The molecule has 0 spiro atoms. The van der Waals surface area contributed by atoms with Crippen molar-refractivity contribution in [2.24, 2.45) is 0 Å². The first-order valence-electron chi connectivity index (χ1n) is 10.5. The molecule has 0 saturated carbocycles. The van der Waals surface area contributed by atoms with Gasteiger partial charge in [0.2, 0.25) is 0 Å². The highest BCUT2D eigenvalue weighted by Gasteiger charge is 2.22. The van der Waals surface area contributed by atoms with Crippen LogP contribution in [0.5, 0.6) is 11.5 Å². The zero-order valence-electron chi connectivity index (χ0n) is 18.2. The highest BCUT2D eigenvalue weighted by molar-refractivity contribution is 5.89. The summed E-state index contributed by atoms with van der Waals surface area (Å²) < 4.78 is 22.1. The first kappa shape index (κ1) is 21.1. The Kier molecular flexibility index (Phi) is 5.85. The van der Waals surface area contributed by atoms with Gasteiger partial charge < -0.3 is 18.4 Å². The minimum atomic E-state index is -0.517. The van der Waals surface area contributed by atoms with Gasteiger partial charge in [0.25, 0.3) is 11.8 Å². The molecule has 0 fully saturated rings. The van der Waals surface area contributed by atoms with Gasteiger partial charge in [-0.05, 0) is 43.3 Å². The molecule has 34 heavy (non-hydrogen) atoms. The van der Waals surface area contributed by atoms with Gasteiger partial charge in [-0.2, -0.15) is 0 Å². The molecule has 8 nitrogen and oxygen atoms in total. The van der Waals surface area contributed by atoms with E-state index in [0.717, 1.165) is 5.56 Å².